The molecular formula is C24H23N3O3S. The van der Waals surface area contributed by atoms with E-state index in [9.17, 15) is 13.2 Å². The van der Waals surface area contributed by atoms with Gasteiger partial charge in [-0.25, -0.2) is 0 Å². The number of sulfonamides is 1. The van der Waals surface area contributed by atoms with E-state index in [1.165, 1.54) is 6.07 Å². The predicted molar refractivity (Wildman–Crippen MR) is 122 cm³/mol. The van der Waals surface area contributed by atoms with Crippen molar-refractivity contribution in [2.24, 2.45) is 4.40 Å². The molecule has 2 N–H and O–H groups in total. The number of amides is 1. The van der Waals surface area contributed by atoms with Gasteiger partial charge in [0.05, 0.1) is 6.04 Å². The largest absolute Gasteiger partial charge is 0.346 e. The second-order valence-corrected chi connectivity index (χ2v) is 9.24. The van der Waals surface area contributed by atoms with Crippen molar-refractivity contribution in [3.8, 4) is 0 Å². The Morgan fingerprint density at radius 1 is 0.968 bits per heavy atom. The third-order valence-electron chi connectivity index (χ3n) is 5.29. The fraction of sp³-hybridized carbons (Fsp3) is 0.167. The minimum Gasteiger partial charge on any atom is -0.346 e. The topological polar surface area (TPSA) is 87.6 Å². The van der Waals surface area contributed by atoms with Crippen LogP contribution in [0.5, 0.6) is 0 Å². The lowest BCUT2D eigenvalue weighted by Gasteiger charge is -2.17. The van der Waals surface area contributed by atoms with Crippen molar-refractivity contribution in [1.82, 2.24) is 5.32 Å². The summed E-state index contributed by atoms with van der Waals surface area (Å²) in [5.41, 5.74) is 5.06. The molecule has 0 bridgehead atoms. The summed E-state index contributed by atoms with van der Waals surface area (Å²) in [5, 5.41) is 6.07. The molecule has 0 saturated heterocycles. The maximum absolute atomic E-state index is 12.7. The Balaban J connectivity index is 1.47. The van der Waals surface area contributed by atoms with Crippen LogP contribution in [-0.4, -0.2) is 20.2 Å². The van der Waals surface area contributed by atoms with Crippen LogP contribution >= 0.6 is 0 Å². The van der Waals surface area contributed by atoms with Gasteiger partial charge in [0.15, 0.2) is 5.84 Å². The van der Waals surface area contributed by atoms with Gasteiger partial charge in [0.2, 0.25) is 0 Å². The maximum atomic E-state index is 12.7. The SMILES string of the molecule is Cc1ccc(C)c(C(C)NC(=O)c2ccc(NC3=NS(=O)(=O)c4ccccc43)cc2)c1. The lowest BCUT2D eigenvalue weighted by atomic mass is 9.99. The van der Waals surface area contributed by atoms with E-state index in [-0.39, 0.29) is 22.7 Å². The summed E-state index contributed by atoms with van der Waals surface area (Å²) in [6.45, 7) is 6.02. The monoisotopic (exact) mass is 433 g/mol. The fourth-order valence-corrected chi connectivity index (χ4v) is 4.80. The molecule has 31 heavy (non-hydrogen) atoms. The van der Waals surface area contributed by atoms with Crippen LogP contribution in [-0.2, 0) is 10.0 Å². The Hall–Kier alpha value is -3.45. The van der Waals surface area contributed by atoms with Crippen LogP contribution in [0, 0.1) is 13.8 Å². The molecule has 0 fully saturated rings. The number of rotatable bonds is 4. The van der Waals surface area contributed by atoms with Crippen molar-refractivity contribution >= 4 is 27.5 Å². The fourth-order valence-electron chi connectivity index (χ4n) is 3.62. The van der Waals surface area contributed by atoms with Gasteiger partial charge in [-0.05, 0) is 68.3 Å². The van der Waals surface area contributed by atoms with E-state index < -0.39 is 10.0 Å². The highest BCUT2D eigenvalue weighted by molar-refractivity contribution is 7.90. The second-order valence-electron chi connectivity index (χ2n) is 7.67. The normalized spacial score (nSPS) is 15.0. The number of carbonyl (C=O) groups is 1. The molecule has 1 heterocycles. The molecule has 4 rings (SSSR count). The number of hydrogen-bond donors (Lipinski definition) is 2. The van der Waals surface area contributed by atoms with Crippen LogP contribution in [0.1, 0.15) is 45.6 Å². The highest BCUT2D eigenvalue weighted by atomic mass is 32.2. The van der Waals surface area contributed by atoms with Crippen molar-refractivity contribution in [1.29, 1.82) is 0 Å². The summed E-state index contributed by atoms with van der Waals surface area (Å²) in [7, 11) is -3.68. The summed E-state index contributed by atoms with van der Waals surface area (Å²) in [6, 6.07) is 19.6. The number of carbonyl (C=O) groups excluding carboxylic acids is 1. The molecule has 0 saturated carbocycles. The minimum atomic E-state index is -3.68. The predicted octanol–water partition coefficient (Wildman–Crippen LogP) is 4.36. The van der Waals surface area contributed by atoms with Gasteiger partial charge in [-0.15, -0.1) is 4.40 Å². The van der Waals surface area contributed by atoms with Crippen LogP contribution < -0.4 is 10.6 Å². The third-order valence-corrected chi connectivity index (χ3v) is 6.62. The number of fused-ring (bicyclic) bond motifs is 1. The molecule has 0 radical (unpaired) electrons. The number of hydrogen-bond acceptors (Lipinski definition) is 4. The lowest BCUT2D eigenvalue weighted by Crippen LogP contribution is -2.27. The van der Waals surface area contributed by atoms with Crippen molar-refractivity contribution in [2.45, 2.75) is 31.7 Å². The molecule has 158 valence electrons. The Kier molecular flexibility index (Phi) is 5.37. The molecule has 1 aliphatic rings. The van der Waals surface area contributed by atoms with Gasteiger partial charge in [0.1, 0.15) is 4.90 Å². The Labute approximate surface area is 182 Å². The minimum absolute atomic E-state index is 0.125. The zero-order valence-corrected chi connectivity index (χ0v) is 18.3. The van der Waals surface area contributed by atoms with Crippen LogP contribution in [0.2, 0.25) is 0 Å². The summed E-state index contributed by atoms with van der Waals surface area (Å²) >= 11 is 0. The number of benzene rings is 3. The van der Waals surface area contributed by atoms with E-state index >= 15 is 0 Å². The van der Waals surface area contributed by atoms with Crippen LogP contribution in [0.25, 0.3) is 0 Å². The van der Waals surface area contributed by atoms with Crippen molar-refractivity contribution < 1.29 is 13.2 Å². The molecule has 6 nitrogen and oxygen atoms in total. The molecule has 0 aliphatic carbocycles. The lowest BCUT2D eigenvalue weighted by molar-refractivity contribution is 0.0940. The average molecular weight is 434 g/mol. The van der Waals surface area contributed by atoms with Crippen molar-refractivity contribution in [3.05, 3.63) is 94.5 Å². The molecule has 1 unspecified atom stereocenters. The number of aryl methyl sites for hydroxylation is 2. The highest BCUT2D eigenvalue weighted by Crippen LogP contribution is 2.27. The average Bonchev–Trinajstić information content (AvgIpc) is 3.00. The van der Waals surface area contributed by atoms with Gasteiger partial charge in [0.25, 0.3) is 15.9 Å². The number of nitrogens with one attached hydrogen (secondary N) is 2. The van der Waals surface area contributed by atoms with Gasteiger partial charge in [0, 0.05) is 16.8 Å². The second kappa shape index (κ2) is 8.00. The van der Waals surface area contributed by atoms with E-state index in [0.29, 0.717) is 16.8 Å². The Bertz CT molecular complexity index is 1300. The first-order valence-corrected chi connectivity index (χ1v) is 11.4. The van der Waals surface area contributed by atoms with Crippen LogP contribution in [0.15, 0.2) is 76.0 Å². The summed E-state index contributed by atoms with van der Waals surface area (Å²) in [4.78, 5) is 12.9. The van der Waals surface area contributed by atoms with E-state index in [2.05, 4.69) is 33.2 Å². The zero-order valence-electron chi connectivity index (χ0n) is 17.5. The maximum Gasteiger partial charge on any atom is 0.285 e. The highest BCUT2D eigenvalue weighted by Gasteiger charge is 2.28. The molecule has 1 aliphatic heterocycles. The first-order valence-electron chi connectivity index (χ1n) is 9.94. The Morgan fingerprint density at radius 2 is 1.68 bits per heavy atom. The number of anilines is 1. The summed E-state index contributed by atoms with van der Waals surface area (Å²) in [5.74, 6) is 0.0995. The van der Waals surface area contributed by atoms with Crippen molar-refractivity contribution in [2.75, 3.05) is 5.32 Å². The molecule has 3 aromatic carbocycles. The first-order chi connectivity index (χ1) is 14.7. The van der Waals surface area contributed by atoms with Crippen LogP contribution in [0.3, 0.4) is 0 Å². The van der Waals surface area contributed by atoms with Gasteiger partial charge < -0.3 is 10.6 Å². The smallest absolute Gasteiger partial charge is 0.285 e. The molecule has 0 spiro atoms. The molecule has 0 aromatic heterocycles. The standard InChI is InChI=1S/C24H23N3O3S/c1-15-8-9-16(2)21(14-15)17(3)25-24(28)18-10-12-19(13-11-18)26-23-20-6-4-5-7-22(20)31(29,30)27-23/h4-14,17H,1-3H3,(H,25,28)(H,26,27). The van der Waals surface area contributed by atoms with E-state index in [1.54, 1.807) is 42.5 Å². The quantitative estimate of drug-likeness (QED) is 0.640. The number of nitrogens with zero attached hydrogens (tertiary/aromatic N) is 1. The summed E-state index contributed by atoms with van der Waals surface area (Å²) in [6.07, 6.45) is 0. The van der Waals surface area contributed by atoms with Crippen LogP contribution in [0.4, 0.5) is 5.69 Å². The van der Waals surface area contributed by atoms with Gasteiger partial charge >= 0.3 is 0 Å². The Morgan fingerprint density at radius 3 is 2.42 bits per heavy atom. The van der Waals surface area contributed by atoms with E-state index in [4.69, 9.17) is 0 Å². The van der Waals surface area contributed by atoms with E-state index in [0.717, 1.165) is 16.7 Å². The number of amidine groups is 1. The molecule has 1 atom stereocenters. The molecule has 3 aromatic rings. The third kappa shape index (κ3) is 4.22. The zero-order chi connectivity index (χ0) is 22.2. The summed E-state index contributed by atoms with van der Waals surface area (Å²) < 4.78 is 28.2. The first kappa shape index (κ1) is 20.8. The molecule has 1 amide bonds. The van der Waals surface area contributed by atoms with Gasteiger partial charge in [-0.3, -0.25) is 4.79 Å². The molecular weight excluding hydrogens is 410 g/mol. The van der Waals surface area contributed by atoms with E-state index in [1.807, 2.05) is 20.8 Å². The molecule has 7 heteroatoms. The van der Waals surface area contributed by atoms with Gasteiger partial charge in [-0.2, -0.15) is 8.42 Å². The van der Waals surface area contributed by atoms with Crippen molar-refractivity contribution in [3.63, 3.8) is 0 Å². The van der Waals surface area contributed by atoms with Gasteiger partial charge in [-0.1, -0.05) is 35.9 Å².